The van der Waals surface area contributed by atoms with Crippen LogP contribution in [-0.2, 0) is 6.42 Å². The number of aryl methyl sites for hydroxylation is 1. The van der Waals surface area contributed by atoms with Gasteiger partial charge < -0.3 is 0 Å². The van der Waals surface area contributed by atoms with Crippen LogP contribution in [-0.4, -0.2) is 39.6 Å². The summed E-state index contributed by atoms with van der Waals surface area (Å²) in [5.41, 5.74) is 1.16. The minimum atomic E-state index is -0.561. The van der Waals surface area contributed by atoms with Gasteiger partial charge in [-0.2, -0.15) is 19.2 Å². The van der Waals surface area contributed by atoms with E-state index in [0.29, 0.717) is 33.6 Å². The summed E-state index contributed by atoms with van der Waals surface area (Å²) in [4.78, 5) is 0. The van der Waals surface area contributed by atoms with Crippen molar-refractivity contribution in [2.24, 2.45) is 0 Å². The number of nitrogens with zero attached hydrogens (tertiary/aromatic N) is 8. The molecule has 0 unspecified atom stereocenters. The molecule has 0 amide bonds. The number of aromatic nitrogens is 8. The predicted octanol–water partition coefficient (Wildman–Crippen LogP) is 4.35. The van der Waals surface area contributed by atoms with Gasteiger partial charge in [-0.05, 0) is 30.7 Å². The molecular formula is C20H10Cl2F2N8. The van der Waals surface area contributed by atoms with E-state index in [0.717, 1.165) is 0 Å². The Bertz CT molecular complexity index is 1730. The summed E-state index contributed by atoms with van der Waals surface area (Å²) in [6, 6.07) is 7.59. The number of halogens is 4. The van der Waals surface area contributed by atoms with Gasteiger partial charge in [0.2, 0.25) is 0 Å². The van der Waals surface area contributed by atoms with Crippen molar-refractivity contribution in [3.8, 4) is 0 Å². The molecule has 0 aliphatic heterocycles. The number of hydrogen-bond donors (Lipinski definition) is 0. The number of hydrogen-bond acceptors (Lipinski definition) is 6. The highest BCUT2D eigenvalue weighted by molar-refractivity contribution is 6.35. The van der Waals surface area contributed by atoms with Crippen molar-refractivity contribution in [1.82, 2.24) is 39.6 Å². The van der Waals surface area contributed by atoms with Crippen LogP contribution in [0, 0.1) is 18.6 Å². The fourth-order valence-electron chi connectivity index (χ4n) is 3.86. The van der Waals surface area contributed by atoms with Crippen molar-refractivity contribution in [2.45, 2.75) is 13.3 Å². The van der Waals surface area contributed by atoms with Crippen LogP contribution in [0.4, 0.5) is 8.78 Å². The third-order valence-electron chi connectivity index (χ3n) is 5.30. The molecule has 8 nitrogen and oxygen atoms in total. The van der Waals surface area contributed by atoms with E-state index in [1.165, 1.54) is 21.2 Å². The Kier molecular flexibility index (Phi) is 4.05. The zero-order valence-electron chi connectivity index (χ0n) is 16.2. The summed E-state index contributed by atoms with van der Waals surface area (Å²) >= 11 is 12.5. The number of fused-ring (bicyclic) bond motifs is 6. The molecule has 0 radical (unpaired) electrons. The smallest absolute Gasteiger partial charge is 0.188 e. The molecule has 0 saturated heterocycles. The summed E-state index contributed by atoms with van der Waals surface area (Å²) in [6.07, 6.45) is 0.149. The molecule has 0 aliphatic rings. The SMILES string of the molecule is Cc1nnc2c3cc(Cc4nnc5c6c(F)cccc6c(Cl)nn45)cc(F)c3c(Cl)nn12. The molecule has 0 N–H and O–H groups in total. The van der Waals surface area contributed by atoms with E-state index < -0.39 is 11.6 Å². The first-order chi connectivity index (χ1) is 15.4. The Balaban J connectivity index is 1.56. The third-order valence-corrected chi connectivity index (χ3v) is 5.84. The quantitative estimate of drug-likeness (QED) is 0.373. The van der Waals surface area contributed by atoms with Crippen molar-refractivity contribution < 1.29 is 8.78 Å². The lowest BCUT2D eigenvalue weighted by Gasteiger charge is -2.08. The zero-order valence-corrected chi connectivity index (χ0v) is 17.7. The average Bonchev–Trinajstić information content (AvgIpc) is 3.32. The van der Waals surface area contributed by atoms with Gasteiger partial charge in [0.15, 0.2) is 33.2 Å². The second-order valence-electron chi connectivity index (χ2n) is 7.26. The van der Waals surface area contributed by atoms with Gasteiger partial charge >= 0.3 is 0 Å². The Hall–Kier alpha value is -3.50. The van der Waals surface area contributed by atoms with Crippen LogP contribution in [0.5, 0.6) is 0 Å². The standard InChI is InChI=1S/C20H10Cl2F2N8/c1-8-25-27-19-11-5-9(6-13(24)15(11)18(22)30-31(8)19)7-14-26-28-20-16-10(3-2-4-12(16)23)17(21)29-32(14)20/h2-6H,7H2,1H3. The lowest BCUT2D eigenvalue weighted by Crippen LogP contribution is -2.03. The highest BCUT2D eigenvalue weighted by atomic mass is 35.5. The first kappa shape index (κ1) is 19.2. The molecule has 0 spiro atoms. The fraction of sp³-hybridized carbons (Fsp3) is 0.100. The van der Waals surface area contributed by atoms with E-state index in [-0.39, 0.29) is 33.1 Å². The maximum Gasteiger partial charge on any atom is 0.188 e. The molecule has 2 aromatic carbocycles. The maximum atomic E-state index is 15.0. The third kappa shape index (κ3) is 2.66. The van der Waals surface area contributed by atoms with Gasteiger partial charge in [0, 0.05) is 17.2 Å². The van der Waals surface area contributed by atoms with Crippen LogP contribution < -0.4 is 0 Å². The first-order valence-electron chi connectivity index (χ1n) is 9.40. The Morgan fingerprint density at radius 1 is 0.812 bits per heavy atom. The summed E-state index contributed by atoms with van der Waals surface area (Å²) in [7, 11) is 0. The first-order valence-corrected chi connectivity index (χ1v) is 10.2. The Morgan fingerprint density at radius 3 is 2.44 bits per heavy atom. The molecule has 158 valence electrons. The van der Waals surface area contributed by atoms with Crippen LogP contribution in [0.1, 0.15) is 17.2 Å². The van der Waals surface area contributed by atoms with Crippen molar-refractivity contribution in [1.29, 1.82) is 0 Å². The van der Waals surface area contributed by atoms with Gasteiger partial charge in [0.05, 0.1) is 10.8 Å². The minimum Gasteiger partial charge on any atom is -0.206 e. The van der Waals surface area contributed by atoms with E-state index in [2.05, 4.69) is 30.6 Å². The minimum absolute atomic E-state index is 0.00257. The van der Waals surface area contributed by atoms with Gasteiger partial charge in [-0.25, -0.2) is 8.78 Å². The van der Waals surface area contributed by atoms with Crippen molar-refractivity contribution in [2.75, 3.05) is 0 Å². The molecule has 0 fully saturated rings. The van der Waals surface area contributed by atoms with Crippen LogP contribution in [0.3, 0.4) is 0 Å². The van der Waals surface area contributed by atoms with Gasteiger partial charge in [-0.1, -0.05) is 35.3 Å². The molecule has 12 heteroatoms. The molecular weight excluding hydrogens is 461 g/mol. The molecule has 0 saturated carbocycles. The summed E-state index contributed by atoms with van der Waals surface area (Å²) < 4.78 is 32.3. The van der Waals surface area contributed by atoms with Crippen LogP contribution in [0.25, 0.3) is 32.8 Å². The van der Waals surface area contributed by atoms with Crippen LogP contribution >= 0.6 is 23.2 Å². The zero-order chi connectivity index (χ0) is 22.1. The average molecular weight is 471 g/mol. The molecule has 4 aromatic heterocycles. The second-order valence-corrected chi connectivity index (χ2v) is 7.97. The summed E-state index contributed by atoms with van der Waals surface area (Å²) in [5, 5.41) is 26.1. The van der Waals surface area contributed by atoms with Gasteiger partial charge in [0.1, 0.15) is 11.6 Å². The molecule has 0 atom stereocenters. The van der Waals surface area contributed by atoms with Gasteiger partial charge in [-0.15, -0.1) is 20.4 Å². The normalized spacial score (nSPS) is 12.0. The van der Waals surface area contributed by atoms with E-state index in [9.17, 15) is 8.78 Å². The fourth-order valence-corrected chi connectivity index (χ4v) is 4.37. The molecule has 0 aliphatic carbocycles. The Morgan fingerprint density at radius 2 is 1.59 bits per heavy atom. The lowest BCUT2D eigenvalue weighted by molar-refractivity contribution is 0.636. The molecule has 6 aromatic rings. The van der Waals surface area contributed by atoms with E-state index in [1.54, 1.807) is 25.1 Å². The Labute approximate surface area is 187 Å². The van der Waals surface area contributed by atoms with E-state index in [1.807, 2.05) is 0 Å². The van der Waals surface area contributed by atoms with Gasteiger partial charge in [-0.3, -0.25) is 0 Å². The molecule has 32 heavy (non-hydrogen) atoms. The van der Waals surface area contributed by atoms with Crippen molar-refractivity contribution in [3.05, 3.63) is 69.5 Å². The van der Waals surface area contributed by atoms with Gasteiger partial charge in [0.25, 0.3) is 0 Å². The monoisotopic (exact) mass is 470 g/mol. The van der Waals surface area contributed by atoms with Crippen molar-refractivity contribution >= 4 is 56.0 Å². The molecule has 4 heterocycles. The number of benzene rings is 2. The largest absolute Gasteiger partial charge is 0.206 e. The summed E-state index contributed by atoms with van der Waals surface area (Å²) in [6.45, 7) is 1.72. The molecule has 0 bridgehead atoms. The van der Waals surface area contributed by atoms with Crippen LogP contribution in [0.2, 0.25) is 10.3 Å². The topological polar surface area (TPSA) is 86.2 Å². The van der Waals surface area contributed by atoms with E-state index in [4.69, 9.17) is 23.2 Å². The highest BCUT2D eigenvalue weighted by Gasteiger charge is 2.19. The lowest BCUT2D eigenvalue weighted by atomic mass is 10.1. The predicted molar refractivity (Wildman–Crippen MR) is 114 cm³/mol. The second kappa shape index (κ2) is 6.75. The molecule has 6 rings (SSSR count). The maximum absolute atomic E-state index is 15.0. The highest BCUT2D eigenvalue weighted by Crippen LogP contribution is 2.30. The van der Waals surface area contributed by atoms with Crippen molar-refractivity contribution in [3.63, 3.8) is 0 Å². The number of rotatable bonds is 2. The summed E-state index contributed by atoms with van der Waals surface area (Å²) in [5.74, 6) is -0.167. The van der Waals surface area contributed by atoms with E-state index >= 15 is 0 Å². The van der Waals surface area contributed by atoms with Crippen LogP contribution in [0.15, 0.2) is 30.3 Å².